The van der Waals surface area contributed by atoms with E-state index in [9.17, 15) is 0 Å². The minimum absolute atomic E-state index is 0.0187. The van der Waals surface area contributed by atoms with Gasteiger partial charge < -0.3 is 9.32 Å². The molecule has 0 aliphatic heterocycles. The van der Waals surface area contributed by atoms with Gasteiger partial charge in [0.15, 0.2) is 0 Å². The Bertz CT molecular complexity index is 3390. The summed E-state index contributed by atoms with van der Waals surface area (Å²) in [6.07, 6.45) is 0. The van der Waals surface area contributed by atoms with Crippen LogP contribution < -0.4 is 4.90 Å². The highest BCUT2D eigenvalue weighted by Crippen LogP contribution is 2.59. The molecule has 0 radical (unpaired) electrons. The summed E-state index contributed by atoms with van der Waals surface area (Å²) < 4.78 is 6.72. The summed E-state index contributed by atoms with van der Waals surface area (Å²) in [5, 5.41) is 2.39. The van der Waals surface area contributed by atoms with Crippen LogP contribution in [0.15, 0.2) is 211 Å². The Morgan fingerprint density at radius 2 is 1.03 bits per heavy atom. The third kappa shape index (κ3) is 5.51. The van der Waals surface area contributed by atoms with Gasteiger partial charge in [0.2, 0.25) is 0 Å². The van der Waals surface area contributed by atoms with Gasteiger partial charge in [-0.25, -0.2) is 0 Å². The molecule has 2 aliphatic rings. The third-order valence-corrected chi connectivity index (χ3v) is 14.3. The largest absolute Gasteiger partial charge is 0.456 e. The van der Waals surface area contributed by atoms with E-state index in [1.165, 1.54) is 88.8 Å². The fourth-order valence-corrected chi connectivity index (χ4v) is 11.4. The predicted octanol–water partition coefficient (Wildman–Crippen LogP) is 16.7. The van der Waals surface area contributed by atoms with Crippen molar-refractivity contribution >= 4 is 39.0 Å². The molecule has 12 rings (SSSR count). The van der Waals surface area contributed by atoms with Crippen LogP contribution in [0.4, 0.5) is 17.1 Å². The van der Waals surface area contributed by atoms with E-state index in [1.54, 1.807) is 0 Å². The molecule has 0 saturated heterocycles. The zero-order chi connectivity index (χ0) is 43.4. The van der Waals surface area contributed by atoms with Gasteiger partial charge in [-0.2, -0.15) is 0 Å². The maximum Gasteiger partial charge on any atom is 0.135 e. The Kier molecular flexibility index (Phi) is 8.40. The lowest BCUT2D eigenvalue weighted by molar-refractivity contribution is 0.587. The molecule has 308 valence electrons. The van der Waals surface area contributed by atoms with Gasteiger partial charge in [-0.1, -0.05) is 198 Å². The summed E-state index contributed by atoms with van der Waals surface area (Å²) >= 11 is 0. The van der Waals surface area contributed by atoms with Crippen LogP contribution in [0.25, 0.3) is 55.3 Å². The minimum Gasteiger partial charge on any atom is -0.456 e. The second kappa shape index (κ2) is 14.0. The molecule has 1 heterocycles. The molecule has 10 aromatic rings. The summed E-state index contributed by atoms with van der Waals surface area (Å²) in [4.78, 5) is 2.51. The predicted molar refractivity (Wildman–Crippen MR) is 267 cm³/mol. The van der Waals surface area contributed by atoms with Crippen molar-refractivity contribution in [3.63, 3.8) is 0 Å². The molecule has 1 aromatic heterocycles. The number of anilines is 3. The van der Waals surface area contributed by atoms with Crippen molar-refractivity contribution in [2.45, 2.75) is 50.9 Å². The van der Waals surface area contributed by atoms with Crippen LogP contribution in [0.5, 0.6) is 0 Å². The number of nitrogens with zero attached hydrogens (tertiary/aromatic N) is 1. The van der Waals surface area contributed by atoms with Gasteiger partial charge in [0.05, 0.1) is 11.1 Å². The molecule has 0 atom stereocenters. The van der Waals surface area contributed by atoms with Crippen molar-refractivity contribution in [1.29, 1.82) is 0 Å². The Morgan fingerprint density at radius 3 is 1.73 bits per heavy atom. The zero-order valence-corrected chi connectivity index (χ0v) is 37.0. The third-order valence-electron chi connectivity index (χ3n) is 14.3. The van der Waals surface area contributed by atoms with Gasteiger partial charge in [-0.15, -0.1) is 0 Å². The van der Waals surface area contributed by atoms with Crippen LogP contribution in [0.2, 0.25) is 0 Å². The summed E-state index contributed by atoms with van der Waals surface area (Å²) in [5.41, 5.74) is 20.9. The minimum atomic E-state index is -0.526. The molecule has 9 aromatic carbocycles. The lowest BCUT2D eigenvalue weighted by Gasteiger charge is -2.36. The SMILES string of the molecule is CC(C)(C)c1ccc2c(c1)oc1ccc3c(c12)C(C)(C)c1c-3cccc1N(c1ccc(-c2ccccc2)cc1)c1cccc(C2(c3ccccc3)c3ccccc3-c3ccccc32)c1. The molecule has 0 saturated carbocycles. The highest BCUT2D eigenvalue weighted by Gasteiger charge is 2.46. The molecule has 2 nitrogen and oxygen atoms in total. The molecule has 0 bridgehead atoms. The van der Waals surface area contributed by atoms with E-state index in [4.69, 9.17) is 4.42 Å². The van der Waals surface area contributed by atoms with Gasteiger partial charge in [0.25, 0.3) is 0 Å². The quantitative estimate of drug-likeness (QED) is 0.166. The van der Waals surface area contributed by atoms with Crippen molar-refractivity contribution < 1.29 is 4.42 Å². The summed E-state index contributed by atoms with van der Waals surface area (Å²) in [6, 6.07) is 76.5. The molecule has 64 heavy (non-hydrogen) atoms. The van der Waals surface area contributed by atoms with Gasteiger partial charge in [-0.3, -0.25) is 0 Å². The Morgan fingerprint density at radius 1 is 0.438 bits per heavy atom. The van der Waals surface area contributed by atoms with Crippen molar-refractivity contribution in [3.8, 4) is 33.4 Å². The molecule has 2 aliphatic carbocycles. The maximum absolute atomic E-state index is 6.72. The smallest absolute Gasteiger partial charge is 0.135 e. The van der Waals surface area contributed by atoms with Crippen LogP contribution in [-0.2, 0) is 16.2 Å². The molecular weight excluding hydrogens is 775 g/mol. The number of furan rings is 1. The first-order valence-electron chi connectivity index (χ1n) is 22.6. The van der Waals surface area contributed by atoms with Crippen LogP contribution in [0.3, 0.4) is 0 Å². The Hall–Kier alpha value is -7.42. The standard InChI is InChI=1S/C62H49NO/c1-60(2,3)43-32-35-51-56(39-43)64-55-37-36-50-49-26-17-29-54(58(49)61(4,5)59(50)57(51)55)63(45-33-30-41(31-34-45)40-18-8-6-9-19-40)46-23-16-22-44(38-46)62(42-20-10-7-11-21-42)52-27-14-12-24-47(52)48-25-13-15-28-53(48)62/h6-39H,1-5H3. The Balaban J connectivity index is 1.10. The van der Waals surface area contributed by atoms with Crippen LogP contribution in [-0.4, -0.2) is 0 Å². The highest BCUT2D eigenvalue weighted by molar-refractivity contribution is 6.12. The van der Waals surface area contributed by atoms with E-state index in [0.29, 0.717) is 0 Å². The number of hydrogen-bond donors (Lipinski definition) is 0. The second-order valence-corrected chi connectivity index (χ2v) is 19.3. The summed E-state index contributed by atoms with van der Waals surface area (Å²) in [7, 11) is 0. The van der Waals surface area contributed by atoms with Gasteiger partial charge in [-0.05, 0) is 120 Å². The zero-order valence-electron chi connectivity index (χ0n) is 37.0. The number of fused-ring (bicyclic) bond motifs is 10. The molecule has 0 spiro atoms. The fourth-order valence-electron chi connectivity index (χ4n) is 11.4. The number of rotatable bonds is 6. The van der Waals surface area contributed by atoms with Gasteiger partial charge in [0, 0.05) is 27.6 Å². The van der Waals surface area contributed by atoms with Crippen molar-refractivity contribution in [3.05, 3.63) is 245 Å². The number of hydrogen-bond acceptors (Lipinski definition) is 2. The highest BCUT2D eigenvalue weighted by atomic mass is 16.3. The van der Waals surface area contributed by atoms with Gasteiger partial charge >= 0.3 is 0 Å². The first-order chi connectivity index (χ1) is 31.1. The molecular formula is C62H49NO. The lowest BCUT2D eigenvalue weighted by Crippen LogP contribution is -2.29. The van der Waals surface area contributed by atoms with Crippen molar-refractivity contribution in [1.82, 2.24) is 0 Å². The normalized spacial score (nSPS) is 14.3. The van der Waals surface area contributed by atoms with E-state index < -0.39 is 5.41 Å². The summed E-state index contributed by atoms with van der Waals surface area (Å²) in [6.45, 7) is 11.6. The average molecular weight is 824 g/mol. The lowest BCUT2D eigenvalue weighted by atomic mass is 9.67. The van der Waals surface area contributed by atoms with Crippen LogP contribution in [0.1, 0.15) is 73.6 Å². The molecule has 0 amide bonds. The molecule has 2 heteroatoms. The van der Waals surface area contributed by atoms with E-state index in [2.05, 4.69) is 246 Å². The van der Waals surface area contributed by atoms with E-state index in [0.717, 1.165) is 22.5 Å². The first-order valence-corrected chi connectivity index (χ1v) is 22.6. The van der Waals surface area contributed by atoms with Gasteiger partial charge in [0.1, 0.15) is 11.2 Å². The van der Waals surface area contributed by atoms with E-state index in [-0.39, 0.29) is 10.8 Å². The van der Waals surface area contributed by atoms with Crippen molar-refractivity contribution in [2.24, 2.45) is 0 Å². The molecule has 0 N–H and O–H groups in total. The maximum atomic E-state index is 6.72. The number of benzene rings is 9. The fraction of sp³-hybridized carbons (Fsp3) is 0.129. The second-order valence-electron chi connectivity index (χ2n) is 19.3. The molecule has 0 fully saturated rings. The van der Waals surface area contributed by atoms with E-state index >= 15 is 0 Å². The molecule has 0 unspecified atom stereocenters. The topological polar surface area (TPSA) is 16.4 Å². The first kappa shape index (κ1) is 38.3. The van der Waals surface area contributed by atoms with Crippen LogP contribution in [0, 0.1) is 0 Å². The average Bonchev–Trinajstić information content (AvgIpc) is 3.93. The monoisotopic (exact) mass is 823 g/mol. The van der Waals surface area contributed by atoms with E-state index in [1.807, 2.05) is 0 Å². The van der Waals surface area contributed by atoms with Crippen LogP contribution >= 0.6 is 0 Å². The van der Waals surface area contributed by atoms with Crippen molar-refractivity contribution in [2.75, 3.05) is 4.90 Å². The Labute approximate surface area is 376 Å². The summed E-state index contributed by atoms with van der Waals surface area (Å²) in [5.74, 6) is 0.